The summed E-state index contributed by atoms with van der Waals surface area (Å²) in [5.41, 5.74) is 0.860. The molecule has 0 atom stereocenters. The molecule has 0 saturated heterocycles. The molecule has 0 aliphatic rings. The summed E-state index contributed by atoms with van der Waals surface area (Å²) in [6.45, 7) is 0. The standard InChI is InChI=1S/C10H6F3N3O2/c11-10(12,13)9-15-8(16-18-9)6-1-3-7(4-2-6)14-5-17/h1-5H,(H,14,17). The number of hydrogen-bond acceptors (Lipinski definition) is 4. The Hall–Kier alpha value is -2.38. The highest BCUT2D eigenvalue weighted by Crippen LogP contribution is 2.29. The lowest BCUT2D eigenvalue weighted by atomic mass is 10.2. The monoisotopic (exact) mass is 257 g/mol. The Morgan fingerprint density at radius 3 is 2.39 bits per heavy atom. The number of amides is 1. The minimum atomic E-state index is -4.66. The van der Waals surface area contributed by atoms with E-state index in [-0.39, 0.29) is 5.82 Å². The number of nitrogens with one attached hydrogen (secondary N) is 1. The third-order valence-electron chi connectivity index (χ3n) is 2.04. The second kappa shape index (κ2) is 4.47. The molecule has 18 heavy (non-hydrogen) atoms. The molecular weight excluding hydrogens is 251 g/mol. The summed E-state index contributed by atoms with van der Waals surface area (Å²) < 4.78 is 40.8. The van der Waals surface area contributed by atoms with E-state index < -0.39 is 12.1 Å². The van der Waals surface area contributed by atoms with E-state index in [1.165, 1.54) is 24.3 Å². The molecular formula is C10H6F3N3O2. The van der Waals surface area contributed by atoms with Crippen molar-refractivity contribution in [2.75, 3.05) is 5.32 Å². The lowest BCUT2D eigenvalue weighted by Gasteiger charge is -1.99. The summed E-state index contributed by atoms with van der Waals surface area (Å²) in [6, 6.07) is 5.95. The van der Waals surface area contributed by atoms with Crippen molar-refractivity contribution >= 4 is 12.1 Å². The van der Waals surface area contributed by atoms with Gasteiger partial charge in [0.25, 0.3) is 0 Å². The third kappa shape index (κ3) is 2.47. The second-order valence-electron chi connectivity index (χ2n) is 3.26. The zero-order valence-corrected chi connectivity index (χ0v) is 8.73. The van der Waals surface area contributed by atoms with Crippen LogP contribution < -0.4 is 5.32 Å². The molecule has 0 spiro atoms. The molecule has 0 aliphatic heterocycles. The van der Waals surface area contributed by atoms with Gasteiger partial charge in [-0.15, -0.1) is 0 Å². The average Bonchev–Trinajstić information content (AvgIpc) is 2.79. The van der Waals surface area contributed by atoms with E-state index in [4.69, 9.17) is 0 Å². The number of carbonyl (C=O) groups is 1. The number of halogens is 3. The van der Waals surface area contributed by atoms with E-state index >= 15 is 0 Å². The molecule has 5 nitrogen and oxygen atoms in total. The number of rotatable bonds is 3. The molecule has 2 aromatic rings. The van der Waals surface area contributed by atoms with Gasteiger partial charge in [-0.2, -0.15) is 18.2 Å². The molecule has 1 aromatic carbocycles. The Balaban J connectivity index is 2.26. The second-order valence-corrected chi connectivity index (χ2v) is 3.26. The topological polar surface area (TPSA) is 68.0 Å². The first-order valence-corrected chi connectivity index (χ1v) is 4.72. The Morgan fingerprint density at radius 1 is 1.22 bits per heavy atom. The Labute approximate surface area is 98.6 Å². The molecule has 1 aromatic heterocycles. The van der Waals surface area contributed by atoms with E-state index in [0.29, 0.717) is 17.7 Å². The normalized spacial score (nSPS) is 11.3. The zero-order valence-electron chi connectivity index (χ0n) is 8.73. The number of carbonyl (C=O) groups excluding carboxylic acids is 1. The first-order chi connectivity index (χ1) is 8.50. The molecule has 0 fully saturated rings. The van der Waals surface area contributed by atoms with Gasteiger partial charge < -0.3 is 9.84 Å². The molecule has 2 rings (SSSR count). The van der Waals surface area contributed by atoms with Crippen LogP contribution in [0.2, 0.25) is 0 Å². The van der Waals surface area contributed by atoms with Crippen molar-refractivity contribution in [2.45, 2.75) is 6.18 Å². The molecule has 1 heterocycles. The maximum absolute atomic E-state index is 12.2. The number of aromatic nitrogens is 2. The van der Waals surface area contributed by atoms with Crippen molar-refractivity contribution < 1.29 is 22.5 Å². The van der Waals surface area contributed by atoms with Crippen molar-refractivity contribution in [3.8, 4) is 11.4 Å². The van der Waals surface area contributed by atoms with Gasteiger partial charge in [0, 0.05) is 11.3 Å². The molecule has 0 radical (unpaired) electrons. The summed E-state index contributed by atoms with van der Waals surface area (Å²) in [5.74, 6) is -1.56. The number of alkyl halides is 3. The Bertz CT molecular complexity index is 548. The van der Waals surface area contributed by atoms with Gasteiger partial charge in [0.2, 0.25) is 12.2 Å². The molecule has 1 amide bonds. The lowest BCUT2D eigenvalue weighted by molar-refractivity contribution is -0.159. The molecule has 1 N–H and O–H groups in total. The maximum Gasteiger partial charge on any atom is 0.471 e. The van der Waals surface area contributed by atoms with Crippen molar-refractivity contribution in [1.29, 1.82) is 0 Å². The van der Waals surface area contributed by atoms with Crippen LogP contribution in [0.1, 0.15) is 5.89 Å². The first-order valence-electron chi connectivity index (χ1n) is 4.72. The van der Waals surface area contributed by atoms with Crippen LogP contribution in [-0.2, 0) is 11.0 Å². The quantitative estimate of drug-likeness (QED) is 0.857. The first kappa shape index (κ1) is 12.1. The highest BCUT2D eigenvalue weighted by molar-refractivity contribution is 5.72. The van der Waals surface area contributed by atoms with Gasteiger partial charge in [-0.05, 0) is 24.3 Å². The number of hydrogen-bond donors (Lipinski definition) is 1. The van der Waals surface area contributed by atoms with Gasteiger partial charge in [-0.1, -0.05) is 5.16 Å². The van der Waals surface area contributed by atoms with Crippen molar-refractivity contribution in [3.63, 3.8) is 0 Å². The fourth-order valence-electron chi connectivity index (χ4n) is 1.24. The van der Waals surface area contributed by atoms with Gasteiger partial charge in [-0.25, -0.2) is 0 Å². The van der Waals surface area contributed by atoms with Crippen LogP contribution in [0.4, 0.5) is 18.9 Å². The van der Waals surface area contributed by atoms with E-state index in [1.54, 1.807) is 0 Å². The van der Waals surface area contributed by atoms with E-state index in [9.17, 15) is 18.0 Å². The Morgan fingerprint density at radius 2 is 1.89 bits per heavy atom. The van der Waals surface area contributed by atoms with Crippen LogP contribution in [0.25, 0.3) is 11.4 Å². The van der Waals surface area contributed by atoms with Crippen molar-refractivity contribution in [1.82, 2.24) is 10.1 Å². The van der Waals surface area contributed by atoms with Gasteiger partial charge in [-0.3, -0.25) is 4.79 Å². The summed E-state index contributed by atoms with van der Waals surface area (Å²) in [7, 11) is 0. The zero-order chi connectivity index (χ0) is 13.2. The summed E-state index contributed by atoms with van der Waals surface area (Å²) in [5, 5.41) is 5.62. The average molecular weight is 257 g/mol. The highest BCUT2D eigenvalue weighted by atomic mass is 19.4. The molecule has 0 aliphatic carbocycles. The van der Waals surface area contributed by atoms with Gasteiger partial charge in [0.1, 0.15) is 0 Å². The van der Waals surface area contributed by atoms with Gasteiger partial charge >= 0.3 is 12.1 Å². The van der Waals surface area contributed by atoms with Crippen LogP contribution in [-0.4, -0.2) is 16.6 Å². The predicted octanol–water partition coefficient (Wildman–Crippen LogP) is 2.32. The van der Waals surface area contributed by atoms with Crippen molar-refractivity contribution in [3.05, 3.63) is 30.2 Å². The fourth-order valence-corrected chi connectivity index (χ4v) is 1.24. The SMILES string of the molecule is O=CNc1ccc(-c2noc(C(F)(F)F)n2)cc1. The third-order valence-corrected chi connectivity index (χ3v) is 2.04. The molecule has 0 unspecified atom stereocenters. The number of nitrogens with zero attached hydrogens (tertiary/aromatic N) is 2. The number of anilines is 1. The summed E-state index contributed by atoms with van der Waals surface area (Å²) in [6.07, 6.45) is -4.17. The minimum Gasteiger partial charge on any atom is -0.329 e. The number of benzene rings is 1. The van der Waals surface area contributed by atoms with Crippen molar-refractivity contribution in [2.24, 2.45) is 0 Å². The molecule has 94 valence electrons. The summed E-state index contributed by atoms with van der Waals surface area (Å²) >= 11 is 0. The summed E-state index contributed by atoms with van der Waals surface area (Å²) in [4.78, 5) is 13.4. The van der Waals surface area contributed by atoms with E-state index in [0.717, 1.165) is 0 Å². The molecule has 0 bridgehead atoms. The maximum atomic E-state index is 12.2. The van der Waals surface area contributed by atoms with Crippen LogP contribution >= 0.6 is 0 Å². The Kier molecular flexibility index (Phi) is 3.00. The van der Waals surface area contributed by atoms with Gasteiger partial charge in [0.05, 0.1) is 0 Å². The van der Waals surface area contributed by atoms with E-state index in [1.807, 2.05) is 0 Å². The molecule has 8 heteroatoms. The van der Waals surface area contributed by atoms with Crippen LogP contribution in [0.3, 0.4) is 0 Å². The molecule has 0 saturated carbocycles. The smallest absolute Gasteiger partial charge is 0.329 e. The van der Waals surface area contributed by atoms with Gasteiger partial charge in [0.15, 0.2) is 0 Å². The van der Waals surface area contributed by atoms with Crippen LogP contribution in [0, 0.1) is 0 Å². The van der Waals surface area contributed by atoms with E-state index in [2.05, 4.69) is 20.0 Å². The largest absolute Gasteiger partial charge is 0.471 e. The minimum absolute atomic E-state index is 0.167. The lowest BCUT2D eigenvalue weighted by Crippen LogP contribution is -2.04. The fraction of sp³-hybridized carbons (Fsp3) is 0.100. The predicted molar refractivity (Wildman–Crippen MR) is 54.4 cm³/mol. The van der Waals surface area contributed by atoms with Crippen LogP contribution in [0.15, 0.2) is 28.8 Å². The highest BCUT2D eigenvalue weighted by Gasteiger charge is 2.38. The van der Waals surface area contributed by atoms with Crippen LogP contribution in [0.5, 0.6) is 0 Å².